The zero-order valence-electron chi connectivity index (χ0n) is 13.2. The van der Waals surface area contributed by atoms with Gasteiger partial charge >= 0.3 is 0 Å². The molecular formula is C18H18FN3O2. The quantitative estimate of drug-likeness (QED) is 0.625. The standard InChI is InChI=1S/C18H18FN3O2/c1-2-7-24-12-14-9-21-8-13-11-22(6-4-15(13)14)18(23)16-3-5-20-10-17(16)19/h2-3,5,8-10H,1,4,6-7,11-12H2. The van der Waals surface area contributed by atoms with E-state index in [1.807, 2.05) is 0 Å². The SMILES string of the molecule is C=CCOCc1cncc2c1CCN(C(=O)c1ccncc1F)C2. The Morgan fingerprint density at radius 3 is 3.04 bits per heavy atom. The highest BCUT2D eigenvalue weighted by molar-refractivity contribution is 5.94. The van der Waals surface area contributed by atoms with E-state index in [4.69, 9.17) is 4.74 Å². The van der Waals surface area contributed by atoms with Crippen molar-refractivity contribution in [2.75, 3.05) is 13.2 Å². The van der Waals surface area contributed by atoms with E-state index >= 15 is 0 Å². The highest BCUT2D eigenvalue weighted by Gasteiger charge is 2.25. The summed E-state index contributed by atoms with van der Waals surface area (Å²) in [5, 5.41) is 0. The van der Waals surface area contributed by atoms with Crippen LogP contribution >= 0.6 is 0 Å². The van der Waals surface area contributed by atoms with Crippen LogP contribution < -0.4 is 0 Å². The smallest absolute Gasteiger partial charge is 0.257 e. The maximum atomic E-state index is 13.8. The summed E-state index contributed by atoms with van der Waals surface area (Å²) in [6.45, 7) is 5.52. The Hall–Kier alpha value is -2.60. The molecule has 3 heterocycles. The van der Waals surface area contributed by atoms with Crippen LogP contribution in [0.5, 0.6) is 0 Å². The topological polar surface area (TPSA) is 55.3 Å². The van der Waals surface area contributed by atoms with Crippen molar-refractivity contribution in [2.24, 2.45) is 0 Å². The van der Waals surface area contributed by atoms with Crippen molar-refractivity contribution in [1.82, 2.24) is 14.9 Å². The molecule has 6 heteroatoms. The molecule has 0 spiro atoms. The number of pyridine rings is 2. The fourth-order valence-corrected chi connectivity index (χ4v) is 2.84. The lowest BCUT2D eigenvalue weighted by atomic mass is 9.97. The van der Waals surface area contributed by atoms with Crippen LogP contribution in [-0.4, -0.2) is 33.9 Å². The molecule has 0 atom stereocenters. The summed E-state index contributed by atoms with van der Waals surface area (Å²) in [5.74, 6) is -0.924. The van der Waals surface area contributed by atoms with Crippen LogP contribution in [-0.2, 0) is 24.3 Å². The third-order valence-corrected chi connectivity index (χ3v) is 4.01. The predicted molar refractivity (Wildman–Crippen MR) is 86.7 cm³/mol. The minimum Gasteiger partial charge on any atom is -0.373 e. The molecule has 1 amide bonds. The Kier molecular flexibility index (Phi) is 4.96. The van der Waals surface area contributed by atoms with Gasteiger partial charge in [-0.05, 0) is 29.2 Å². The van der Waals surface area contributed by atoms with Crippen LogP contribution in [0.3, 0.4) is 0 Å². The first-order chi connectivity index (χ1) is 11.7. The van der Waals surface area contributed by atoms with E-state index in [2.05, 4.69) is 16.5 Å². The Balaban J connectivity index is 1.77. The summed E-state index contributed by atoms with van der Waals surface area (Å²) in [7, 11) is 0. The molecule has 124 valence electrons. The van der Waals surface area contributed by atoms with Gasteiger partial charge in [0.05, 0.1) is 25.0 Å². The van der Waals surface area contributed by atoms with Crippen molar-refractivity contribution < 1.29 is 13.9 Å². The van der Waals surface area contributed by atoms with E-state index in [1.54, 1.807) is 23.4 Å². The fourth-order valence-electron chi connectivity index (χ4n) is 2.84. The van der Waals surface area contributed by atoms with E-state index in [0.717, 1.165) is 22.9 Å². The van der Waals surface area contributed by atoms with Gasteiger partial charge in [-0.1, -0.05) is 6.08 Å². The van der Waals surface area contributed by atoms with Crippen LogP contribution in [0, 0.1) is 5.82 Å². The van der Waals surface area contributed by atoms with Gasteiger partial charge in [-0.3, -0.25) is 14.8 Å². The van der Waals surface area contributed by atoms with Gasteiger partial charge in [-0.15, -0.1) is 6.58 Å². The van der Waals surface area contributed by atoms with Gasteiger partial charge in [0.15, 0.2) is 5.82 Å². The molecule has 0 fully saturated rings. The lowest BCUT2D eigenvalue weighted by Gasteiger charge is -2.30. The summed E-state index contributed by atoms with van der Waals surface area (Å²) in [4.78, 5) is 22.1. The molecule has 0 N–H and O–H groups in total. The molecule has 0 saturated carbocycles. The number of halogens is 1. The van der Waals surface area contributed by atoms with E-state index in [1.165, 1.54) is 12.3 Å². The Labute approximate surface area is 139 Å². The minimum absolute atomic E-state index is 0.0480. The molecule has 2 aromatic rings. The van der Waals surface area contributed by atoms with Crippen LogP contribution in [0.4, 0.5) is 4.39 Å². The van der Waals surface area contributed by atoms with Crippen molar-refractivity contribution >= 4 is 5.91 Å². The molecule has 0 bridgehead atoms. The van der Waals surface area contributed by atoms with Crippen molar-refractivity contribution in [1.29, 1.82) is 0 Å². The Morgan fingerprint density at radius 2 is 2.25 bits per heavy atom. The van der Waals surface area contributed by atoms with Crippen LogP contribution in [0.25, 0.3) is 0 Å². The van der Waals surface area contributed by atoms with Crippen LogP contribution in [0.1, 0.15) is 27.0 Å². The number of aromatic nitrogens is 2. The molecule has 0 unspecified atom stereocenters. The summed E-state index contributed by atoms with van der Waals surface area (Å²) in [6, 6.07) is 1.41. The molecule has 24 heavy (non-hydrogen) atoms. The first-order valence-corrected chi connectivity index (χ1v) is 7.72. The van der Waals surface area contributed by atoms with Crippen molar-refractivity contribution in [3.8, 4) is 0 Å². The summed E-state index contributed by atoms with van der Waals surface area (Å²) in [6.07, 6.45) is 8.43. The van der Waals surface area contributed by atoms with Gasteiger partial charge in [0.1, 0.15) is 0 Å². The number of amides is 1. The van der Waals surface area contributed by atoms with E-state index < -0.39 is 5.82 Å². The second-order valence-corrected chi connectivity index (χ2v) is 5.57. The number of hydrogen-bond acceptors (Lipinski definition) is 4. The molecule has 0 radical (unpaired) electrons. The average molecular weight is 327 g/mol. The molecule has 2 aromatic heterocycles. The molecular weight excluding hydrogens is 309 g/mol. The normalized spacial score (nSPS) is 13.5. The lowest BCUT2D eigenvalue weighted by Crippen LogP contribution is -2.37. The second-order valence-electron chi connectivity index (χ2n) is 5.57. The first kappa shape index (κ1) is 16.3. The van der Waals surface area contributed by atoms with Crippen molar-refractivity contribution in [3.05, 3.63) is 71.6 Å². The zero-order valence-corrected chi connectivity index (χ0v) is 13.2. The second kappa shape index (κ2) is 7.31. The molecule has 1 aliphatic rings. The number of carbonyl (C=O) groups excluding carboxylic acids is 1. The van der Waals surface area contributed by atoms with Gasteiger partial charge in [0, 0.05) is 31.7 Å². The maximum Gasteiger partial charge on any atom is 0.257 e. The number of hydrogen-bond donors (Lipinski definition) is 0. The molecule has 5 nitrogen and oxygen atoms in total. The number of carbonyl (C=O) groups is 1. The Bertz CT molecular complexity index is 764. The number of nitrogens with zero attached hydrogens (tertiary/aromatic N) is 3. The third kappa shape index (κ3) is 3.33. The van der Waals surface area contributed by atoms with Gasteiger partial charge < -0.3 is 9.64 Å². The summed E-state index contributed by atoms with van der Waals surface area (Å²) < 4.78 is 19.3. The highest BCUT2D eigenvalue weighted by Crippen LogP contribution is 2.23. The van der Waals surface area contributed by atoms with Gasteiger partial charge in [0.2, 0.25) is 0 Å². The summed E-state index contributed by atoms with van der Waals surface area (Å²) in [5.41, 5.74) is 3.21. The minimum atomic E-state index is -0.599. The largest absolute Gasteiger partial charge is 0.373 e. The molecule has 3 rings (SSSR count). The van der Waals surface area contributed by atoms with Gasteiger partial charge in [-0.2, -0.15) is 0 Å². The van der Waals surface area contributed by atoms with E-state index in [9.17, 15) is 9.18 Å². The molecule has 0 saturated heterocycles. The van der Waals surface area contributed by atoms with Crippen LogP contribution in [0.2, 0.25) is 0 Å². The zero-order chi connectivity index (χ0) is 16.9. The van der Waals surface area contributed by atoms with Gasteiger partial charge in [0.25, 0.3) is 5.91 Å². The lowest BCUT2D eigenvalue weighted by molar-refractivity contribution is 0.0728. The maximum absolute atomic E-state index is 13.8. The summed E-state index contributed by atoms with van der Waals surface area (Å²) >= 11 is 0. The average Bonchev–Trinajstić information content (AvgIpc) is 2.61. The van der Waals surface area contributed by atoms with Gasteiger partial charge in [-0.25, -0.2) is 4.39 Å². The first-order valence-electron chi connectivity index (χ1n) is 7.72. The Morgan fingerprint density at radius 1 is 1.38 bits per heavy atom. The number of ether oxygens (including phenoxy) is 1. The van der Waals surface area contributed by atoms with Crippen molar-refractivity contribution in [2.45, 2.75) is 19.6 Å². The van der Waals surface area contributed by atoms with Crippen LogP contribution in [0.15, 0.2) is 43.5 Å². The van der Waals surface area contributed by atoms with Crippen molar-refractivity contribution in [3.63, 3.8) is 0 Å². The number of fused-ring (bicyclic) bond motifs is 1. The molecule has 0 aromatic carbocycles. The fraction of sp³-hybridized carbons (Fsp3) is 0.278. The molecule has 1 aliphatic heterocycles. The molecule has 0 aliphatic carbocycles. The number of rotatable bonds is 5. The monoisotopic (exact) mass is 327 g/mol. The van der Waals surface area contributed by atoms with E-state index in [-0.39, 0.29) is 11.5 Å². The predicted octanol–water partition coefficient (Wildman–Crippen LogP) is 2.52. The third-order valence-electron chi connectivity index (χ3n) is 4.01. The van der Waals surface area contributed by atoms with E-state index in [0.29, 0.717) is 32.7 Å². The highest BCUT2D eigenvalue weighted by atomic mass is 19.1.